The van der Waals surface area contributed by atoms with Crippen molar-refractivity contribution in [2.75, 3.05) is 12.5 Å². The number of methoxy groups -OCH3 is 1. The number of benzene rings is 3. The number of rotatable bonds is 7. The van der Waals surface area contributed by atoms with Crippen LogP contribution in [0.5, 0.6) is 11.5 Å². The Balaban J connectivity index is 1.68. The van der Waals surface area contributed by atoms with Gasteiger partial charge in [-0.25, -0.2) is 4.39 Å². The minimum absolute atomic E-state index is 0.217. The first-order chi connectivity index (χ1) is 13.6. The van der Waals surface area contributed by atoms with Gasteiger partial charge in [0.25, 0.3) is 0 Å². The van der Waals surface area contributed by atoms with Crippen LogP contribution < -0.4 is 14.9 Å². The number of hydrogen-bond acceptors (Lipinski definition) is 4. The monoisotopic (exact) mass is 418 g/mol. The molecule has 3 aromatic rings. The zero-order valence-electron chi connectivity index (χ0n) is 15.0. The third kappa shape index (κ3) is 5.15. The van der Waals surface area contributed by atoms with Crippen LogP contribution in [0, 0.1) is 5.82 Å². The molecule has 0 radical (unpaired) electrons. The predicted octanol–water partition coefficient (Wildman–Crippen LogP) is 6.17. The lowest BCUT2D eigenvalue weighted by atomic mass is 10.2. The number of hydrogen-bond donors (Lipinski definition) is 1. The molecule has 0 bridgehead atoms. The van der Waals surface area contributed by atoms with E-state index in [4.69, 9.17) is 32.7 Å². The second kappa shape index (κ2) is 9.44. The van der Waals surface area contributed by atoms with Crippen LogP contribution in [0.15, 0.2) is 65.8 Å². The van der Waals surface area contributed by atoms with E-state index in [1.54, 1.807) is 55.8 Å². The molecule has 0 aliphatic rings. The molecule has 0 heterocycles. The Hall–Kier alpha value is -2.76. The molecule has 4 nitrogen and oxygen atoms in total. The fraction of sp³-hybridized carbons (Fsp3) is 0.0952. The topological polar surface area (TPSA) is 42.8 Å². The average Bonchev–Trinajstić information content (AvgIpc) is 2.69. The number of nitrogens with zero attached hydrogens (tertiary/aromatic N) is 1. The number of halogens is 3. The van der Waals surface area contributed by atoms with Gasteiger partial charge in [-0.15, -0.1) is 0 Å². The van der Waals surface area contributed by atoms with Crippen molar-refractivity contribution in [1.82, 2.24) is 0 Å². The Morgan fingerprint density at radius 1 is 1.00 bits per heavy atom. The lowest BCUT2D eigenvalue weighted by molar-refractivity contribution is 0.284. The first-order valence-corrected chi connectivity index (χ1v) is 9.11. The van der Waals surface area contributed by atoms with Gasteiger partial charge < -0.3 is 9.47 Å². The van der Waals surface area contributed by atoms with Crippen LogP contribution in [0.25, 0.3) is 0 Å². The van der Waals surface area contributed by atoms with E-state index in [0.29, 0.717) is 32.8 Å². The number of hydrazone groups is 1. The predicted molar refractivity (Wildman–Crippen MR) is 111 cm³/mol. The Labute approximate surface area is 172 Å². The van der Waals surface area contributed by atoms with E-state index in [1.807, 2.05) is 6.07 Å². The SMILES string of the molecule is COc1cc(/C=N/Nc2ccc(F)cc2)ccc1OCc1c(Cl)cccc1Cl. The van der Waals surface area contributed by atoms with Gasteiger partial charge in [0, 0.05) is 15.6 Å². The van der Waals surface area contributed by atoms with Crippen molar-refractivity contribution in [1.29, 1.82) is 0 Å². The molecule has 0 fully saturated rings. The van der Waals surface area contributed by atoms with E-state index in [-0.39, 0.29) is 12.4 Å². The largest absolute Gasteiger partial charge is 0.493 e. The highest BCUT2D eigenvalue weighted by atomic mass is 35.5. The molecule has 0 aliphatic heterocycles. The van der Waals surface area contributed by atoms with Crippen molar-refractivity contribution in [3.05, 3.63) is 87.7 Å². The second-order valence-corrected chi connectivity index (χ2v) is 6.59. The maximum absolute atomic E-state index is 12.9. The first-order valence-electron chi connectivity index (χ1n) is 8.35. The van der Waals surface area contributed by atoms with Crippen LogP contribution >= 0.6 is 23.2 Å². The van der Waals surface area contributed by atoms with Gasteiger partial charge in [-0.1, -0.05) is 29.3 Å². The van der Waals surface area contributed by atoms with Crippen LogP contribution in [0.2, 0.25) is 10.0 Å². The minimum Gasteiger partial charge on any atom is -0.493 e. The van der Waals surface area contributed by atoms with Gasteiger partial charge in [0.2, 0.25) is 0 Å². The summed E-state index contributed by atoms with van der Waals surface area (Å²) in [5.41, 5.74) is 5.03. The lowest BCUT2D eigenvalue weighted by Crippen LogP contribution is -2.00. The number of anilines is 1. The van der Waals surface area contributed by atoms with Gasteiger partial charge in [0.15, 0.2) is 11.5 Å². The maximum Gasteiger partial charge on any atom is 0.161 e. The third-order valence-corrected chi connectivity index (χ3v) is 4.58. The smallest absolute Gasteiger partial charge is 0.161 e. The molecule has 3 rings (SSSR count). The maximum atomic E-state index is 12.9. The van der Waals surface area contributed by atoms with E-state index >= 15 is 0 Å². The van der Waals surface area contributed by atoms with E-state index in [9.17, 15) is 4.39 Å². The quantitative estimate of drug-likeness (QED) is 0.368. The normalized spacial score (nSPS) is 10.9. The summed E-state index contributed by atoms with van der Waals surface area (Å²) in [4.78, 5) is 0. The van der Waals surface area contributed by atoms with Crippen LogP contribution in [0.4, 0.5) is 10.1 Å². The Bertz CT molecular complexity index is 958. The molecule has 0 aromatic heterocycles. The highest BCUT2D eigenvalue weighted by Crippen LogP contribution is 2.31. The van der Waals surface area contributed by atoms with Gasteiger partial charge in [-0.05, 0) is 60.2 Å². The third-order valence-electron chi connectivity index (χ3n) is 3.87. The summed E-state index contributed by atoms with van der Waals surface area (Å²) < 4.78 is 24.1. The molecule has 0 aliphatic carbocycles. The molecule has 0 amide bonds. The van der Waals surface area contributed by atoms with Crippen molar-refractivity contribution in [3.8, 4) is 11.5 Å². The van der Waals surface area contributed by atoms with Crippen molar-refractivity contribution >= 4 is 35.1 Å². The molecule has 0 spiro atoms. The van der Waals surface area contributed by atoms with Gasteiger partial charge >= 0.3 is 0 Å². The molecule has 1 N–H and O–H groups in total. The summed E-state index contributed by atoms with van der Waals surface area (Å²) in [5, 5.41) is 5.22. The van der Waals surface area contributed by atoms with Gasteiger partial charge in [0.1, 0.15) is 12.4 Å². The molecule has 28 heavy (non-hydrogen) atoms. The summed E-state index contributed by atoms with van der Waals surface area (Å²) in [6.07, 6.45) is 1.63. The zero-order valence-corrected chi connectivity index (χ0v) is 16.5. The van der Waals surface area contributed by atoms with Crippen LogP contribution in [0.1, 0.15) is 11.1 Å². The standard InChI is InChI=1S/C21H17Cl2FN2O2/c1-27-21-11-14(12-25-26-16-8-6-15(24)7-9-16)5-10-20(21)28-13-17-18(22)3-2-4-19(17)23/h2-12,26H,13H2,1H3/b25-12+. The molecule has 3 aromatic carbocycles. The molecular weight excluding hydrogens is 402 g/mol. The molecule has 0 saturated carbocycles. The second-order valence-electron chi connectivity index (χ2n) is 5.78. The fourth-order valence-electron chi connectivity index (χ4n) is 2.41. The van der Waals surface area contributed by atoms with Crippen molar-refractivity contribution in [3.63, 3.8) is 0 Å². The molecule has 144 valence electrons. The van der Waals surface area contributed by atoms with E-state index in [1.165, 1.54) is 12.1 Å². The fourth-order valence-corrected chi connectivity index (χ4v) is 2.92. The van der Waals surface area contributed by atoms with E-state index in [0.717, 1.165) is 5.56 Å². The minimum atomic E-state index is -0.298. The van der Waals surface area contributed by atoms with Gasteiger partial charge in [-0.3, -0.25) is 5.43 Å². The highest BCUT2D eigenvalue weighted by Gasteiger charge is 2.09. The molecular formula is C21H17Cl2FN2O2. The highest BCUT2D eigenvalue weighted by molar-refractivity contribution is 6.35. The zero-order chi connectivity index (χ0) is 19.9. The van der Waals surface area contributed by atoms with Crippen LogP contribution in [-0.4, -0.2) is 13.3 Å². The van der Waals surface area contributed by atoms with Crippen LogP contribution in [-0.2, 0) is 6.61 Å². The molecule has 0 saturated heterocycles. The van der Waals surface area contributed by atoms with Crippen molar-refractivity contribution in [2.45, 2.75) is 6.61 Å². The van der Waals surface area contributed by atoms with E-state index < -0.39 is 0 Å². The summed E-state index contributed by atoms with van der Waals surface area (Å²) >= 11 is 12.3. The summed E-state index contributed by atoms with van der Waals surface area (Å²) in [5.74, 6) is 0.809. The van der Waals surface area contributed by atoms with E-state index in [2.05, 4.69) is 10.5 Å². The van der Waals surface area contributed by atoms with Gasteiger partial charge in [0.05, 0.1) is 19.0 Å². The Morgan fingerprint density at radius 3 is 2.39 bits per heavy atom. The van der Waals surface area contributed by atoms with Crippen LogP contribution in [0.3, 0.4) is 0 Å². The number of nitrogens with one attached hydrogen (secondary N) is 1. The lowest BCUT2D eigenvalue weighted by Gasteiger charge is -2.13. The summed E-state index contributed by atoms with van der Waals surface area (Å²) in [6, 6.07) is 16.6. The summed E-state index contributed by atoms with van der Waals surface area (Å²) in [7, 11) is 1.56. The molecule has 0 atom stereocenters. The average molecular weight is 419 g/mol. The van der Waals surface area contributed by atoms with Crippen molar-refractivity contribution < 1.29 is 13.9 Å². The first kappa shape index (κ1) is 20.0. The van der Waals surface area contributed by atoms with Crippen molar-refractivity contribution in [2.24, 2.45) is 5.10 Å². The van der Waals surface area contributed by atoms with Gasteiger partial charge in [-0.2, -0.15) is 5.10 Å². The number of ether oxygens (including phenoxy) is 2. The molecule has 7 heteroatoms. The Kier molecular flexibility index (Phi) is 6.74. The Morgan fingerprint density at radius 2 is 1.71 bits per heavy atom. The summed E-state index contributed by atoms with van der Waals surface area (Å²) in [6.45, 7) is 0.217. The molecule has 0 unspecified atom stereocenters.